The van der Waals surface area contributed by atoms with E-state index in [1.165, 1.54) is 0 Å². The summed E-state index contributed by atoms with van der Waals surface area (Å²) in [5.74, 6) is 0.838. The zero-order chi connectivity index (χ0) is 12.5. The number of hydrogen-bond donors (Lipinski definition) is 3. The molecule has 1 aliphatic rings. The Hall–Kier alpha value is -1.26. The quantitative estimate of drug-likeness (QED) is 0.746. The molecule has 0 saturated carbocycles. The van der Waals surface area contributed by atoms with Crippen molar-refractivity contribution in [2.24, 2.45) is 5.73 Å². The predicted octanol–water partition coefficient (Wildman–Crippen LogP) is 1.65. The molecule has 1 heterocycles. The minimum atomic E-state index is -0.498. The van der Waals surface area contributed by atoms with Crippen LogP contribution in [-0.2, 0) is 0 Å². The molecule has 0 aliphatic carbocycles. The Balaban J connectivity index is 2.21. The highest BCUT2D eigenvalue weighted by Gasteiger charge is 2.26. The molecule has 94 valence electrons. The van der Waals surface area contributed by atoms with E-state index in [-0.39, 0.29) is 5.60 Å². The van der Waals surface area contributed by atoms with Gasteiger partial charge in [0.1, 0.15) is 11.4 Å². The molecule has 1 atom stereocenters. The van der Waals surface area contributed by atoms with Crippen LogP contribution in [-0.4, -0.2) is 23.8 Å². The van der Waals surface area contributed by atoms with Crippen LogP contribution in [0.3, 0.4) is 0 Å². The molecule has 1 aromatic rings. The Morgan fingerprint density at radius 2 is 2.29 bits per heavy atom. The molecular formula is C13H20N2O2. The first-order valence-corrected chi connectivity index (χ1v) is 5.97. The summed E-state index contributed by atoms with van der Waals surface area (Å²) in [6.45, 7) is 5.33. The van der Waals surface area contributed by atoms with E-state index >= 15 is 0 Å². The lowest BCUT2D eigenvalue weighted by molar-refractivity contribution is 0.116. The molecule has 1 unspecified atom stereocenters. The van der Waals surface area contributed by atoms with Gasteiger partial charge < -0.3 is 20.9 Å². The van der Waals surface area contributed by atoms with Gasteiger partial charge in [0.05, 0.1) is 18.3 Å². The van der Waals surface area contributed by atoms with Crippen molar-refractivity contribution in [3.8, 4) is 5.75 Å². The summed E-state index contributed by atoms with van der Waals surface area (Å²) >= 11 is 0. The average Bonchev–Trinajstić information content (AvgIpc) is 2.27. The molecule has 0 amide bonds. The summed E-state index contributed by atoms with van der Waals surface area (Å²) in [4.78, 5) is 0. The zero-order valence-electron chi connectivity index (χ0n) is 10.4. The van der Waals surface area contributed by atoms with E-state index in [9.17, 15) is 5.11 Å². The van der Waals surface area contributed by atoms with Gasteiger partial charge in [-0.1, -0.05) is 6.07 Å². The van der Waals surface area contributed by atoms with Gasteiger partial charge in [-0.15, -0.1) is 0 Å². The molecule has 0 saturated heterocycles. The standard InChI is InChI=1S/C13H20N2O2/c1-13(2)8-15-10-7-9(11(16)5-6-14)3-4-12(10)17-13/h3-4,7,11,15-16H,5-6,8,14H2,1-2H3. The SMILES string of the molecule is CC1(C)CNc2cc(C(O)CCN)ccc2O1. The first kappa shape index (κ1) is 12.2. The first-order chi connectivity index (χ1) is 8.02. The lowest BCUT2D eigenvalue weighted by Crippen LogP contribution is -2.40. The first-order valence-electron chi connectivity index (χ1n) is 5.97. The van der Waals surface area contributed by atoms with Crippen molar-refractivity contribution in [3.05, 3.63) is 23.8 Å². The van der Waals surface area contributed by atoms with Crippen molar-refractivity contribution in [1.82, 2.24) is 0 Å². The molecule has 4 heteroatoms. The van der Waals surface area contributed by atoms with Gasteiger partial charge in [0, 0.05) is 0 Å². The summed E-state index contributed by atoms with van der Waals surface area (Å²) in [7, 11) is 0. The smallest absolute Gasteiger partial charge is 0.143 e. The molecule has 0 aromatic heterocycles. The summed E-state index contributed by atoms with van der Waals surface area (Å²) in [6.07, 6.45) is 0.0764. The summed E-state index contributed by atoms with van der Waals surface area (Å²) < 4.78 is 5.85. The van der Waals surface area contributed by atoms with E-state index < -0.39 is 6.10 Å². The van der Waals surface area contributed by atoms with E-state index in [0.717, 1.165) is 23.5 Å². The minimum Gasteiger partial charge on any atom is -0.484 e. The molecule has 2 rings (SSSR count). The van der Waals surface area contributed by atoms with Crippen molar-refractivity contribution in [2.45, 2.75) is 32.0 Å². The third kappa shape index (κ3) is 2.70. The Morgan fingerprint density at radius 3 is 3.00 bits per heavy atom. The topological polar surface area (TPSA) is 67.5 Å². The molecule has 17 heavy (non-hydrogen) atoms. The summed E-state index contributed by atoms with van der Waals surface area (Å²) in [5, 5.41) is 13.2. The summed E-state index contributed by atoms with van der Waals surface area (Å²) in [6, 6.07) is 5.73. The van der Waals surface area contributed by atoms with E-state index in [1.54, 1.807) is 0 Å². The highest BCUT2D eigenvalue weighted by molar-refractivity contribution is 5.60. The largest absolute Gasteiger partial charge is 0.484 e. The number of nitrogens with two attached hydrogens (primary N) is 1. The van der Waals surface area contributed by atoms with Crippen molar-refractivity contribution >= 4 is 5.69 Å². The molecule has 0 fully saturated rings. The van der Waals surface area contributed by atoms with Gasteiger partial charge in [-0.25, -0.2) is 0 Å². The number of aliphatic hydroxyl groups excluding tert-OH is 1. The lowest BCUT2D eigenvalue weighted by Gasteiger charge is -2.33. The van der Waals surface area contributed by atoms with Crippen LogP contribution in [0, 0.1) is 0 Å². The third-order valence-corrected chi connectivity index (χ3v) is 2.92. The number of ether oxygens (including phenoxy) is 1. The molecule has 0 bridgehead atoms. The molecule has 4 nitrogen and oxygen atoms in total. The maximum atomic E-state index is 9.88. The van der Waals surface area contributed by atoms with Crippen molar-refractivity contribution in [1.29, 1.82) is 0 Å². The number of aliphatic hydroxyl groups is 1. The normalized spacial score (nSPS) is 18.8. The number of hydrogen-bond acceptors (Lipinski definition) is 4. The highest BCUT2D eigenvalue weighted by atomic mass is 16.5. The van der Waals surface area contributed by atoms with E-state index in [4.69, 9.17) is 10.5 Å². The lowest BCUT2D eigenvalue weighted by atomic mass is 10.0. The van der Waals surface area contributed by atoms with Crippen LogP contribution >= 0.6 is 0 Å². The zero-order valence-corrected chi connectivity index (χ0v) is 10.4. The van der Waals surface area contributed by atoms with Crippen molar-refractivity contribution in [2.75, 3.05) is 18.4 Å². The summed E-state index contributed by atoms with van der Waals surface area (Å²) in [5.41, 5.74) is 7.07. The Kier molecular flexibility index (Phi) is 3.26. The van der Waals surface area contributed by atoms with Crippen LogP contribution in [0.5, 0.6) is 5.75 Å². The predicted molar refractivity (Wildman–Crippen MR) is 68.3 cm³/mol. The van der Waals surface area contributed by atoms with Crippen LogP contribution < -0.4 is 15.8 Å². The molecule has 1 aliphatic heterocycles. The van der Waals surface area contributed by atoms with Gasteiger partial charge in [-0.2, -0.15) is 0 Å². The van der Waals surface area contributed by atoms with Crippen LogP contribution in [0.2, 0.25) is 0 Å². The van der Waals surface area contributed by atoms with Gasteiger partial charge in [0.2, 0.25) is 0 Å². The highest BCUT2D eigenvalue weighted by Crippen LogP contribution is 2.35. The molecule has 1 aromatic carbocycles. The molecule has 0 spiro atoms. The number of fused-ring (bicyclic) bond motifs is 1. The Labute approximate surface area is 102 Å². The Morgan fingerprint density at radius 1 is 1.53 bits per heavy atom. The van der Waals surface area contributed by atoms with Gasteiger partial charge in [-0.05, 0) is 44.5 Å². The minimum absolute atomic E-state index is 0.190. The number of benzene rings is 1. The fraction of sp³-hybridized carbons (Fsp3) is 0.538. The van der Waals surface area contributed by atoms with Gasteiger partial charge in [-0.3, -0.25) is 0 Å². The maximum Gasteiger partial charge on any atom is 0.143 e. The monoisotopic (exact) mass is 236 g/mol. The maximum absolute atomic E-state index is 9.88. The Bertz CT molecular complexity index is 404. The fourth-order valence-electron chi connectivity index (χ4n) is 1.95. The third-order valence-electron chi connectivity index (χ3n) is 2.92. The second-order valence-corrected chi connectivity index (χ2v) is 5.06. The van der Waals surface area contributed by atoms with E-state index in [1.807, 2.05) is 32.0 Å². The van der Waals surface area contributed by atoms with Gasteiger partial charge in [0.15, 0.2) is 0 Å². The van der Waals surface area contributed by atoms with E-state index in [0.29, 0.717) is 13.0 Å². The molecule has 0 radical (unpaired) electrons. The average molecular weight is 236 g/mol. The van der Waals surface area contributed by atoms with Crippen molar-refractivity contribution < 1.29 is 9.84 Å². The number of anilines is 1. The van der Waals surface area contributed by atoms with Crippen molar-refractivity contribution in [3.63, 3.8) is 0 Å². The van der Waals surface area contributed by atoms with Crippen LogP contribution in [0.25, 0.3) is 0 Å². The molecule has 4 N–H and O–H groups in total. The number of rotatable bonds is 3. The van der Waals surface area contributed by atoms with Crippen LogP contribution in [0.1, 0.15) is 31.9 Å². The van der Waals surface area contributed by atoms with Gasteiger partial charge in [0.25, 0.3) is 0 Å². The second-order valence-electron chi connectivity index (χ2n) is 5.06. The van der Waals surface area contributed by atoms with Crippen LogP contribution in [0.4, 0.5) is 5.69 Å². The van der Waals surface area contributed by atoms with E-state index in [2.05, 4.69) is 5.32 Å². The molecular weight excluding hydrogens is 216 g/mol. The van der Waals surface area contributed by atoms with Crippen LogP contribution in [0.15, 0.2) is 18.2 Å². The number of nitrogens with one attached hydrogen (secondary N) is 1. The van der Waals surface area contributed by atoms with Gasteiger partial charge >= 0.3 is 0 Å². The fourth-order valence-corrected chi connectivity index (χ4v) is 1.95. The second kappa shape index (κ2) is 4.55.